The van der Waals surface area contributed by atoms with Gasteiger partial charge in [-0.25, -0.2) is 4.79 Å². The number of carboxylic acids is 1. The Morgan fingerprint density at radius 1 is 0.833 bits per heavy atom. The van der Waals surface area contributed by atoms with Crippen LogP contribution in [0.1, 0.15) is 31.8 Å². The van der Waals surface area contributed by atoms with Crippen LogP contribution in [0, 0.1) is 6.92 Å². The number of carbonyl (C=O) groups is 2. The first-order valence-corrected chi connectivity index (χ1v) is 5.54. The largest absolute Gasteiger partial charge is 0.478 e. The predicted octanol–water partition coefficient (Wildman–Crippen LogP) is 2.92. The highest BCUT2D eigenvalue weighted by Crippen LogP contribution is 2.17. The molecule has 0 aliphatic rings. The first kappa shape index (κ1) is 12.0. The first-order chi connectivity index (χ1) is 8.61. The van der Waals surface area contributed by atoms with Crippen molar-refractivity contribution in [3.05, 3.63) is 70.8 Å². The van der Waals surface area contributed by atoms with Gasteiger partial charge in [-0.1, -0.05) is 42.5 Å². The molecular weight excluding hydrogens is 228 g/mol. The molecule has 18 heavy (non-hydrogen) atoms. The Balaban J connectivity index is 2.54. The highest BCUT2D eigenvalue weighted by molar-refractivity contribution is 6.14. The van der Waals surface area contributed by atoms with Crippen LogP contribution in [-0.2, 0) is 0 Å². The van der Waals surface area contributed by atoms with Crippen LogP contribution in [0.5, 0.6) is 0 Å². The second-order valence-corrected chi connectivity index (χ2v) is 3.99. The third kappa shape index (κ3) is 2.15. The minimum Gasteiger partial charge on any atom is -0.478 e. The molecule has 0 heterocycles. The number of aryl methyl sites for hydroxylation is 1. The minimum atomic E-state index is -1.09. The van der Waals surface area contributed by atoms with Gasteiger partial charge < -0.3 is 5.11 Å². The first-order valence-electron chi connectivity index (χ1n) is 5.54. The van der Waals surface area contributed by atoms with Gasteiger partial charge in [-0.2, -0.15) is 0 Å². The number of hydrogen-bond acceptors (Lipinski definition) is 2. The molecule has 3 nitrogen and oxygen atoms in total. The van der Waals surface area contributed by atoms with E-state index in [4.69, 9.17) is 5.11 Å². The molecule has 0 atom stereocenters. The van der Waals surface area contributed by atoms with Crippen LogP contribution in [0.2, 0.25) is 0 Å². The molecule has 0 fully saturated rings. The van der Waals surface area contributed by atoms with Crippen molar-refractivity contribution in [2.45, 2.75) is 6.92 Å². The normalized spacial score (nSPS) is 10.1. The Labute approximate surface area is 105 Å². The lowest BCUT2D eigenvalue weighted by Gasteiger charge is -2.07. The van der Waals surface area contributed by atoms with Crippen molar-refractivity contribution >= 4 is 11.8 Å². The molecule has 0 unspecified atom stereocenters. The fourth-order valence-corrected chi connectivity index (χ4v) is 1.84. The zero-order valence-electron chi connectivity index (χ0n) is 9.88. The summed E-state index contributed by atoms with van der Waals surface area (Å²) in [5.41, 5.74) is 1.62. The van der Waals surface area contributed by atoms with Crippen LogP contribution in [0.25, 0.3) is 0 Å². The molecule has 2 aromatic carbocycles. The molecule has 2 rings (SSSR count). The van der Waals surface area contributed by atoms with Crippen molar-refractivity contribution in [2.75, 3.05) is 0 Å². The van der Waals surface area contributed by atoms with E-state index in [0.29, 0.717) is 5.56 Å². The van der Waals surface area contributed by atoms with E-state index >= 15 is 0 Å². The zero-order valence-corrected chi connectivity index (χ0v) is 9.88. The van der Waals surface area contributed by atoms with E-state index in [1.165, 1.54) is 12.1 Å². The molecule has 0 radical (unpaired) electrons. The second-order valence-electron chi connectivity index (χ2n) is 3.99. The quantitative estimate of drug-likeness (QED) is 0.839. The van der Waals surface area contributed by atoms with Crippen molar-refractivity contribution < 1.29 is 14.7 Å². The van der Waals surface area contributed by atoms with Crippen LogP contribution in [-0.4, -0.2) is 16.9 Å². The van der Waals surface area contributed by atoms with Gasteiger partial charge >= 0.3 is 5.97 Å². The molecule has 0 amide bonds. The van der Waals surface area contributed by atoms with Gasteiger partial charge in [0.05, 0.1) is 5.56 Å². The maximum absolute atomic E-state index is 12.3. The number of hydrogen-bond donors (Lipinski definition) is 1. The summed E-state index contributed by atoms with van der Waals surface area (Å²) >= 11 is 0. The van der Waals surface area contributed by atoms with Crippen LogP contribution in [0.15, 0.2) is 48.5 Å². The van der Waals surface area contributed by atoms with Gasteiger partial charge in [0, 0.05) is 11.1 Å². The zero-order chi connectivity index (χ0) is 13.1. The van der Waals surface area contributed by atoms with Gasteiger partial charge in [-0.15, -0.1) is 0 Å². The van der Waals surface area contributed by atoms with E-state index in [2.05, 4.69) is 0 Å². The topological polar surface area (TPSA) is 54.4 Å². The number of aromatic carboxylic acids is 1. The molecule has 0 saturated carbocycles. The van der Waals surface area contributed by atoms with Gasteiger partial charge in [-0.3, -0.25) is 4.79 Å². The lowest BCUT2D eigenvalue weighted by Crippen LogP contribution is -2.10. The summed E-state index contributed by atoms with van der Waals surface area (Å²) in [6, 6.07) is 13.4. The van der Waals surface area contributed by atoms with Crippen LogP contribution in [0.3, 0.4) is 0 Å². The molecule has 0 aliphatic carbocycles. The summed E-state index contributed by atoms with van der Waals surface area (Å²) in [6.07, 6.45) is 0. The molecule has 0 saturated heterocycles. The number of carboxylic acid groups (broad SMARTS) is 1. The summed E-state index contributed by atoms with van der Waals surface area (Å²) in [5, 5.41) is 9.08. The van der Waals surface area contributed by atoms with Gasteiger partial charge in [0.25, 0.3) is 0 Å². The van der Waals surface area contributed by atoms with E-state index in [-0.39, 0.29) is 16.9 Å². The summed E-state index contributed by atoms with van der Waals surface area (Å²) in [4.78, 5) is 23.4. The number of rotatable bonds is 3. The second kappa shape index (κ2) is 4.84. The lowest BCUT2D eigenvalue weighted by atomic mass is 9.96. The molecule has 3 heteroatoms. The predicted molar refractivity (Wildman–Crippen MR) is 68.0 cm³/mol. The lowest BCUT2D eigenvalue weighted by molar-refractivity contribution is 0.0693. The Morgan fingerprint density at radius 2 is 1.33 bits per heavy atom. The van der Waals surface area contributed by atoms with Crippen molar-refractivity contribution in [3.8, 4) is 0 Å². The van der Waals surface area contributed by atoms with Crippen LogP contribution >= 0.6 is 0 Å². The molecule has 0 spiro atoms. The van der Waals surface area contributed by atoms with E-state index in [1.807, 2.05) is 19.1 Å². The van der Waals surface area contributed by atoms with E-state index in [0.717, 1.165) is 5.56 Å². The Morgan fingerprint density at radius 3 is 1.89 bits per heavy atom. The van der Waals surface area contributed by atoms with E-state index in [9.17, 15) is 9.59 Å². The van der Waals surface area contributed by atoms with Gasteiger partial charge in [0.15, 0.2) is 5.78 Å². The molecule has 0 aliphatic heterocycles. The van der Waals surface area contributed by atoms with Gasteiger partial charge in [0.2, 0.25) is 0 Å². The van der Waals surface area contributed by atoms with Crippen molar-refractivity contribution in [1.29, 1.82) is 0 Å². The molecule has 90 valence electrons. The van der Waals surface area contributed by atoms with Crippen molar-refractivity contribution in [1.82, 2.24) is 0 Å². The standard InChI is InChI=1S/C15H12O3/c1-10-6-2-3-7-11(10)14(16)12-8-4-5-9-13(12)15(17)18/h2-9H,1H3,(H,17,18). The Bertz CT molecular complexity index is 615. The maximum Gasteiger partial charge on any atom is 0.336 e. The average molecular weight is 240 g/mol. The number of benzene rings is 2. The Hall–Kier alpha value is -2.42. The van der Waals surface area contributed by atoms with E-state index < -0.39 is 5.97 Å². The summed E-state index contributed by atoms with van der Waals surface area (Å²) < 4.78 is 0. The van der Waals surface area contributed by atoms with Gasteiger partial charge in [-0.05, 0) is 18.6 Å². The minimum absolute atomic E-state index is 0.0331. The maximum atomic E-state index is 12.3. The fourth-order valence-electron chi connectivity index (χ4n) is 1.84. The van der Waals surface area contributed by atoms with Crippen molar-refractivity contribution in [3.63, 3.8) is 0 Å². The average Bonchev–Trinajstić information content (AvgIpc) is 2.38. The number of ketones is 1. The molecule has 1 N–H and O–H groups in total. The summed E-state index contributed by atoms with van der Waals surface area (Å²) in [6.45, 7) is 1.83. The monoisotopic (exact) mass is 240 g/mol. The Kier molecular flexibility index (Phi) is 3.24. The van der Waals surface area contributed by atoms with Gasteiger partial charge in [0.1, 0.15) is 0 Å². The van der Waals surface area contributed by atoms with Crippen LogP contribution in [0.4, 0.5) is 0 Å². The SMILES string of the molecule is Cc1ccccc1C(=O)c1ccccc1C(=O)O. The summed E-state index contributed by atoms with van der Waals surface area (Å²) in [5.74, 6) is -1.35. The van der Waals surface area contributed by atoms with Crippen molar-refractivity contribution in [2.24, 2.45) is 0 Å². The molecule has 0 bridgehead atoms. The molecular formula is C15H12O3. The highest BCUT2D eigenvalue weighted by Gasteiger charge is 2.18. The number of carbonyl (C=O) groups excluding carboxylic acids is 1. The summed E-state index contributed by atoms with van der Waals surface area (Å²) in [7, 11) is 0. The molecule has 0 aromatic heterocycles. The smallest absolute Gasteiger partial charge is 0.336 e. The van der Waals surface area contributed by atoms with E-state index in [1.54, 1.807) is 24.3 Å². The third-order valence-electron chi connectivity index (χ3n) is 2.79. The molecule has 2 aromatic rings. The fraction of sp³-hybridized carbons (Fsp3) is 0.0667. The van der Waals surface area contributed by atoms with Crippen LogP contribution < -0.4 is 0 Å². The third-order valence-corrected chi connectivity index (χ3v) is 2.79. The highest BCUT2D eigenvalue weighted by atomic mass is 16.4.